The van der Waals surface area contributed by atoms with Crippen LogP contribution >= 0.6 is 11.8 Å². The summed E-state index contributed by atoms with van der Waals surface area (Å²) < 4.78 is 6.00. The van der Waals surface area contributed by atoms with Gasteiger partial charge in [0, 0.05) is 4.90 Å². The van der Waals surface area contributed by atoms with E-state index < -0.39 is 0 Å². The fraction of sp³-hybridized carbons (Fsp3) is 0.400. The Morgan fingerprint density at radius 2 is 1.45 bits per heavy atom. The highest BCUT2D eigenvalue weighted by Gasteiger charge is 2.04. The summed E-state index contributed by atoms with van der Waals surface area (Å²) in [6.07, 6.45) is 7.77. The Morgan fingerprint density at radius 1 is 0.773 bits per heavy atom. The Labute approximate surface area is 139 Å². The van der Waals surface area contributed by atoms with Crippen molar-refractivity contribution >= 4 is 11.8 Å². The maximum absolute atomic E-state index is 6.00. The molecule has 1 nitrogen and oxygen atoms in total. The Hall–Kier alpha value is -1.41. The second kappa shape index (κ2) is 10.3. The average molecular weight is 314 g/mol. The van der Waals surface area contributed by atoms with Gasteiger partial charge in [-0.2, -0.15) is 0 Å². The second-order valence-corrected chi connectivity index (χ2v) is 6.59. The summed E-state index contributed by atoms with van der Waals surface area (Å²) in [6, 6.07) is 18.8. The van der Waals surface area contributed by atoms with Crippen molar-refractivity contribution in [2.45, 2.75) is 55.2 Å². The third-order valence-electron chi connectivity index (χ3n) is 3.58. The molecule has 0 radical (unpaired) electrons. The van der Waals surface area contributed by atoms with Gasteiger partial charge in [0.1, 0.15) is 5.75 Å². The summed E-state index contributed by atoms with van der Waals surface area (Å²) in [5.74, 6) is 1.00. The summed E-state index contributed by atoms with van der Waals surface area (Å²) in [6.45, 7) is 3.07. The molecule has 2 heteroatoms. The molecule has 0 aromatic heterocycles. The lowest BCUT2D eigenvalue weighted by molar-refractivity contribution is 0.298. The van der Waals surface area contributed by atoms with Crippen molar-refractivity contribution in [2.75, 3.05) is 6.61 Å². The van der Waals surface area contributed by atoms with Crippen molar-refractivity contribution < 1.29 is 4.74 Å². The number of ether oxygens (including phenoxy) is 1. The summed E-state index contributed by atoms with van der Waals surface area (Å²) in [5, 5.41) is 0. The predicted octanol–water partition coefficient (Wildman–Crippen LogP) is 6.58. The Bertz CT molecular complexity index is 524. The zero-order chi connectivity index (χ0) is 15.5. The molecular weight excluding hydrogens is 288 g/mol. The molecule has 0 unspecified atom stereocenters. The number of rotatable bonds is 10. The van der Waals surface area contributed by atoms with Crippen LogP contribution in [0.2, 0.25) is 0 Å². The van der Waals surface area contributed by atoms with Gasteiger partial charge in [-0.25, -0.2) is 0 Å². The lowest BCUT2D eigenvalue weighted by Gasteiger charge is -2.11. The van der Waals surface area contributed by atoms with Gasteiger partial charge in [0.05, 0.1) is 11.5 Å². The Morgan fingerprint density at radius 3 is 2.27 bits per heavy atom. The van der Waals surface area contributed by atoms with Gasteiger partial charge in [-0.05, 0) is 30.7 Å². The van der Waals surface area contributed by atoms with Crippen LogP contribution < -0.4 is 4.74 Å². The maximum Gasteiger partial charge on any atom is 0.133 e. The molecule has 2 aromatic rings. The van der Waals surface area contributed by atoms with E-state index in [1.54, 1.807) is 11.8 Å². The monoisotopic (exact) mass is 314 g/mol. The largest absolute Gasteiger partial charge is 0.492 e. The van der Waals surface area contributed by atoms with Gasteiger partial charge in [0.15, 0.2) is 0 Å². The third-order valence-corrected chi connectivity index (χ3v) is 4.64. The predicted molar refractivity (Wildman–Crippen MR) is 95.9 cm³/mol. The summed E-state index contributed by atoms with van der Waals surface area (Å²) in [4.78, 5) is 2.44. The Balaban J connectivity index is 1.79. The van der Waals surface area contributed by atoms with E-state index in [0.717, 1.165) is 18.8 Å². The van der Waals surface area contributed by atoms with Gasteiger partial charge in [-0.1, -0.05) is 81.1 Å². The molecule has 0 aliphatic heterocycles. The first-order valence-corrected chi connectivity index (χ1v) is 9.16. The molecule has 0 N–H and O–H groups in total. The zero-order valence-electron chi connectivity index (χ0n) is 13.5. The first kappa shape index (κ1) is 17.0. The highest BCUT2D eigenvalue weighted by atomic mass is 32.2. The SMILES string of the molecule is CCCCCCCCOc1ccccc1Sc1ccccc1. The minimum absolute atomic E-state index is 0.818. The van der Waals surface area contributed by atoms with Crippen molar-refractivity contribution in [3.05, 3.63) is 54.6 Å². The third kappa shape index (κ3) is 6.15. The molecule has 0 saturated carbocycles. The fourth-order valence-electron chi connectivity index (χ4n) is 2.33. The highest BCUT2D eigenvalue weighted by molar-refractivity contribution is 7.99. The van der Waals surface area contributed by atoms with Crippen LogP contribution in [0.3, 0.4) is 0 Å². The van der Waals surface area contributed by atoms with Crippen molar-refractivity contribution in [1.82, 2.24) is 0 Å². The van der Waals surface area contributed by atoms with Gasteiger partial charge in [-0.15, -0.1) is 0 Å². The molecule has 2 rings (SSSR count). The molecule has 118 valence electrons. The van der Waals surface area contributed by atoms with E-state index in [9.17, 15) is 0 Å². The van der Waals surface area contributed by atoms with E-state index in [1.807, 2.05) is 12.1 Å². The molecule has 0 heterocycles. The normalized spacial score (nSPS) is 10.6. The lowest BCUT2D eigenvalue weighted by atomic mass is 10.1. The zero-order valence-corrected chi connectivity index (χ0v) is 14.3. The van der Waals surface area contributed by atoms with Crippen molar-refractivity contribution in [3.8, 4) is 5.75 Å². The highest BCUT2D eigenvalue weighted by Crippen LogP contribution is 2.34. The van der Waals surface area contributed by atoms with Crippen molar-refractivity contribution in [3.63, 3.8) is 0 Å². The quantitative estimate of drug-likeness (QED) is 0.458. The standard InChI is InChI=1S/C20H26OS/c1-2-3-4-5-6-12-17-21-19-15-10-11-16-20(19)22-18-13-8-7-9-14-18/h7-11,13-16H,2-6,12,17H2,1H3. The number of benzene rings is 2. The molecule has 22 heavy (non-hydrogen) atoms. The van der Waals surface area contributed by atoms with Gasteiger partial charge in [0.25, 0.3) is 0 Å². The molecular formula is C20H26OS. The minimum Gasteiger partial charge on any atom is -0.492 e. The van der Waals surface area contributed by atoms with Crippen LogP contribution in [0.4, 0.5) is 0 Å². The molecule has 0 fully saturated rings. The molecule has 0 atom stereocenters. The number of hydrogen-bond donors (Lipinski definition) is 0. The molecule has 0 aliphatic carbocycles. The second-order valence-electron chi connectivity index (χ2n) is 5.48. The van der Waals surface area contributed by atoms with Crippen LogP contribution in [0.5, 0.6) is 5.75 Å². The summed E-state index contributed by atoms with van der Waals surface area (Å²) in [7, 11) is 0. The number of para-hydroxylation sites is 1. The molecule has 2 aromatic carbocycles. The van der Waals surface area contributed by atoms with E-state index in [0.29, 0.717) is 0 Å². The Kier molecular flexibility index (Phi) is 7.97. The first-order chi connectivity index (χ1) is 10.9. The molecule has 0 spiro atoms. The lowest BCUT2D eigenvalue weighted by Crippen LogP contribution is -1.98. The maximum atomic E-state index is 6.00. The average Bonchev–Trinajstić information content (AvgIpc) is 2.56. The summed E-state index contributed by atoms with van der Waals surface area (Å²) >= 11 is 1.76. The van der Waals surface area contributed by atoms with Crippen LogP contribution in [-0.4, -0.2) is 6.61 Å². The number of unbranched alkanes of at least 4 members (excludes halogenated alkanes) is 5. The van der Waals surface area contributed by atoms with Gasteiger partial charge < -0.3 is 4.74 Å². The van der Waals surface area contributed by atoms with Crippen LogP contribution in [-0.2, 0) is 0 Å². The molecule has 0 amide bonds. The summed E-state index contributed by atoms with van der Waals surface area (Å²) in [5.41, 5.74) is 0. The molecule has 0 aliphatic rings. The first-order valence-electron chi connectivity index (χ1n) is 8.35. The van der Waals surface area contributed by atoms with Crippen molar-refractivity contribution in [2.24, 2.45) is 0 Å². The fourth-order valence-corrected chi connectivity index (χ4v) is 3.26. The van der Waals surface area contributed by atoms with E-state index in [-0.39, 0.29) is 0 Å². The number of hydrogen-bond acceptors (Lipinski definition) is 2. The van der Waals surface area contributed by atoms with Gasteiger partial charge in [0.2, 0.25) is 0 Å². The van der Waals surface area contributed by atoms with Crippen molar-refractivity contribution in [1.29, 1.82) is 0 Å². The van der Waals surface area contributed by atoms with E-state index in [2.05, 4.69) is 49.4 Å². The van der Waals surface area contributed by atoms with Gasteiger partial charge in [-0.3, -0.25) is 0 Å². The molecule has 0 saturated heterocycles. The van der Waals surface area contributed by atoms with E-state index in [4.69, 9.17) is 4.74 Å². The van der Waals surface area contributed by atoms with E-state index in [1.165, 1.54) is 41.9 Å². The van der Waals surface area contributed by atoms with Crippen LogP contribution in [0.15, 0.2) is 64.4 Å². The van der Waals surface area contributed by atoms with Crippen LogP contribution in [0.1, 0.15) is 45.4 Å². The topological polar surface area (TPSA) is 9.23 Å². The smallest absolute Gasteiger partial charge is 0.133 e. The van der Waals surface area contributed by atoms with Crippen LogP contribution in [0.25, 0.3) is 0 Å². The van der Waals surface area contributed by atoms with Crippen LogP contribution in [0, 0.1) is 0 Å². The minimum atomic E-state index is 0.818. The molecule has 0 bridgehead atoms. The van der Waals surface area contributed by atoms with E-state index >= 15 is 0 Å². The van der Waals surface area contributed by atoms with Gasteiger partial charge >= 0.3 is 0 Å².